The van der Waals surface area contributed by atoms with Crippen LogP contribution in [0.5, 0.6) is 0 Å². The maximum absolute atomic E-state index is 13.4. The van der Waals surface area contributed by atoms with Crippen molar-refractivity contribution in [2.45, 2.75) is 70.1 Å². The Morgan fingerprint density at radius 3 is 2.28 bits per heavy atom. The van der Waals surface area contributed by atoms with E-state index in [2.05, 4.69) is 9.88 Å². The molecule has 2 aliphatic carbocycles. The van der Waals surface area contributed by atoms with Crippen LogP contribution in [0.25, 0.3) is 10.9 Å². The van der Waals surface area contributed by atoms with Crippen LogP contribution in [0.15, 0.2) is 24.3 Å². The van der Waals surface area contributed by atoms with Crippen molar-refractivity contribution in [2.24, 2.45) is 0 Å². The number of aromatic nitrogens is 1. The van der Waals surface area contributed by atoms with Crippen LogP contribution in [0.2, 0.25) is 0 Å². The van der Waals surface area contributed by atoms with Crippen molar-refractivity contribution in [3.05, 3.63) is 35.5 Å². The maximum atomic E-state index is 13.4. The molecule has 1 heterocycles. The molecule has 25 heavy (non-hydrogen) atoms. The predicted molar refractivity (Wildman–Crippen MR) is 93.9 cm³/mol. The molecule has 0 radical (unpaired) electrons. The Balaban J connectivity index is 1.88. The molecule has 0 saturated heterocycles. The third-order valence-electron chi connectivity index (χ3n) is 5.42. The van der Waals surface area contributed by atoms with Crippen LogP contribution in [0.3, 0.4) is 0 Å². The van der Waals surface area contributed by atoms with Gasteiger partial charge in [-0.3, -0.25) is 0 Å². The molecule has 0 unspecified atom stereocenters. The minimum absolute atomic E-state index is 0.355. The van der Waals surface area contributed by atoms with Gasteiger partial charge in [0.2, 0.25) is 0 Å². The quantitative estimate of drug-likeness (QED) is 0.690. The van der Waals surface area contributed by atoms with Gasteiger partial charge in [0.25, 0.3) is 0 Å². The molecule has 2 aromatic rings. The van der Waals surface area contributed by atoms with Gasteiger partial charge in [-0.05, 0) is 50.8 Å². The van der Waals surface area contributed by atoms with Gasteiger partial charge in [0.15, 0.2) is 0 Å². The molecular formula is C20H23F3N2. The second-order valence-corrected chi connectivity index (χ2v) is 7.48. The summed E-state index contributed by atoms with van der Waals surface area (Å²) in [5.74, 6) is 0. The number of hydrogen-bond acceptors (Lipinski definition) is 2. The Morgan fingerprint density at radius 1 is 0.960 bits per heavy atom. The highest BCUT2D eigenvalue weighted by molar-refractivity contribution is 5.93. The van der Waals surface area contributed by atoms with E-state index < -0.39 is 11.9 Å². The zero-order valence-corrected chi connectivity index (χ0v) is 14.4. The summed E-state index contributed by atoms with van der Waals surface area (Å²) < 4.78 is 40.2. The number of fused-ring (bicyclic) bond motifs is 1. The van der Waals surface area contributed by atoms with Crippen molar-refractivity contribution in [3.8, 4) is 0 Å². The number of anilines is 1. The lowest BCUT2D eigenvalue weighted by molar-refractivity contribution is -0.140. The average molecular weight is 348 g/mol. The SMILES string of the molecule is Cc1ccc2nc(C(F)(F)F)cc(N(C3CCCCC3)C3CC3)c2c1. The summed E-state index contributed by atoms with van der Waals surface area (Å²) >= 11 is 0. The summed E-state index contributed by atoms with van der Waals surface area (Å²) in [5, 5.41) is 0.852. The van der Waals surface area contributed by atoms with Crippen LogP contribution in [0.4, 0.5) is 18.9 Å². The fourth-order valence-corrected chi connectivity index (χ4v) is 4.08. The smallest absolute Gasteiger partial charge is 0.365 e. The average Bonchev–Trinajstić information content (AvgIpc) is 3.40. The number of halogens is 3. The van der Waals surface area contributed by atoms with E-state index in [0.29, 0.717) is 17.6 Å². The number of alkyl halides is 3. The zero-order valence-electron chi connectivity index (χ0n) is 14.4. The molecule has 2 saturated carbocycles. The van der Waals surface area contributed by atoms with Gasteiger partial charge >= 0.3 is 6.18 Å². The van der Waals surface area contributed by atoms with E-state index in [0.717, 1.165) is 42.3 Å². The van der Waals surface area contributed by atoms with Crippen molar-refractivity contribution >= 4 is 16.6 Å². The number of rotatable bonds is 3. The van der Waals surface area contributed by atoms with Crippen LogP contribution in [0, 0.1) is 6.92 Å². The molecule has 1 aromatic carbocycles. The van der Waals surface area contributed by atoms with E-state index in [4.69, 9.17) is 0 Å². The Labute approximate surface area is 146 Å². The molecule has 5 heteroatoms. The molecule has 2 aliphatic rings. The first-order valence-corrected chi connectivity index (χ1v) is 9.20. The molecule has 0 bridgehead atoms. The van der Waals surface area contributed by atoms with Gasteiger partial charge in [-0.25, -0.2) is 4.98 Å². The van der Waals surface area contributed by atoms with E-state index in [9.17, 15) is 13.2 Å². The van der Waals surface area contributed by atoms with Crippen molar-refractivity contribution in [1.29, 1.82) is 0 Å². The van der Waals surface area contributed by atoms with Gasteiger partial charge in [0, 0.05) is 23.2 Å². The van der Waals surface area contributed by atoms with Crippen molar-refractivity contribution in [1.82, 2.24) is 4.98 Å². The van der Waals surface area contributed by atoms with E-state index in [1.807, 2.05) is 19.1 Å². The van der Waals surface area contributed by atoms with Crippen molar-refractivity contribution in [2.75, 3.05) is 4.90 Å². The first-order valence-electron chi connectivity index (χ1n) is 9.20. The van der Waals surface area contributed by atoms with Crippen LogP contribution in [-0.2, 0) is 6.18 Å². The Kier molecular flexibility index (Phi) is 4.13. The summed E-state index contributed by atoms with van der Waals surface area (Å²) in [6, 6.07) is 7.56. The summed E-state index contributed by atoms with van der Waals surface area (Å²) in [4.78, 5) is 6.21. The fourth-order valence-electron chi connectivity index (χ4n) is 4.08. The van der Waals surface area contributed by atoms with Gasteiger partial charge in [-0.2, -0.15) is 13.2 Å². The molecule has 0 amide bonds. The van der Waals surface area contributed by atoms with E-state index in [1.165, 1.54) is 25.3 Å². The van der Waals surface area contributed by atoms with Gasteiger partial charge < -0.3 is 4.90 Å². The molecule has 134 valence electrons. The summed E-state index contributed by atoms with van der Waals surface area (Å²) in [6.45, 7) is 1.98. The number of benzene rings is 1. The lowest BCUT2D eigenvalue weighted by Crippen LogP contribution is -2.39. The fraction of sp³-hybridized carbons (Fsp3) is 0.550. The first-order chi connectivity index (χ1) is 11.9. The summed E-state index contributed by atoms with van der Waals surface area (Å²) in [5.41, 5.74) is 1.45. The van der Waals surface area contributed by atoms with Crippen molar-refractivity contribution < 1.29 is 13.2 Å². The second-order valence-electron chi connectivity index (χ2n) is 7.48. The van der Waals surface area contributed by atoms with Gasteiger partial charge in [0.05, 0.1) is 5.52 Å². The highest BCUT2D eigenvalue weighted by atomic mass is 19.4. The Morgan fingerprint density at radius 2 is 1.64 bits per heavy atom. The van der Waals surface area contributed by atoms with Crippen LogP contribution in [0.1, 0.15) is 56.2 Å². The summed E-state index contributed by atoms with van der Waals surface area (Å²) in [6.07, 6.45) is 3.46. The molecule has 1 aromatic heterocycles. The monoisotopic (exact) mass is 348 g/mol. The number of aryl methyl sites for hydroxylation is 1. The molecule has 2 nitrogen and oxygen atoms in total. The number of pyridine rings is 1. The highest BCUT2D eigenvalue weighted by Crippen LogP contribution is 2.42. The zero-order chi connectivity index (χ0) is 17.6. The van der Waals surface area contributed by atoms with Gasteiger partial charge in [-0.15, -0.1) is 0 Å². The minimum Gasteiger partial charge on any atom is -0.365 e. The topological polar surface area (TPSA) is 16.1 Å². The van der Waals surface area contributed by atoms with Crippen LogP contribution < -0.4 is 4.90 Å². The van der Waals surface area contributed by atoms with Gasteiger partial charge in [-0.1, -0.05) is 30.9 Å². The molecule has 2 fully saturated rings. The normalized spacial score (nSPS) is 19.4. The molecule has 0 N–H and O–H groups in total. The standard InChI is InChI=1S/C20H23F3N2/c1-13-7-10-17-16(11-13)18(12-19(24-17)20(21,22)23)25(15-8-9-15)14-5-3-2-4-6-14/h7,10-12,14-15H,2-6,8-9H2,1H3. The van der Waals surface area contributed by atoms with E-state index in [1.54, 1.807) is 6.07 Å². The first kappa shape index (κ1) is 16.7. The van der Waals surface area contributed by atoms with E-state index in [-0.39, 0.29) is 0 Å². The molecule has 0 aliphatic heterocycles. The maximum Gasteiger partial charge on any atom is 0.433 e. The largest absolute Gasteiger partial charge is 0.433 e. The van der Waals surface area contributed by atoms with Crippen LogP contribution in [-0.4, -0.2) is 17.1 Å². The van der Waals surface area contributed by atoms with E-state index >= 15 is 0 Å². The molecule has 4 rings (SSSR count). The van der Waals surface area contributed by atoms with Gasteiger partial charge in [0.1, 0.15) is 5.69 Å². The summed E-state index contributed by atoms with van der Waals surface area (Å²) in [7, 11) is 0. The molecular weight excluding hydrogens is 325 g/mol. The number of hydrogen-bond donors (Lipinski definition) is 0. The molecule has 0 atom stereocenters. The highest BCUT2D eigenvalue weighted by Gasteiger charge is 2.38. The number of nitrogens with zero attached hydrogens (tertiary/aromatic N) is 2. The minimum atomic E-state index is -4.42. The Hall–Kier alpha value is -1.78. The predicted octanol–water partition coefficient (Wildman–Crippen LogP) is 5.86. The molecule has 0 spiro atoms. The Bertz CT molecular complexity index is 774. The lowest BCUT2D eigenvalue weighted by Gasteiger charge is -2.37. The third-order valence-corrected chi connectivity index (χ3v) is 5.42. The lowest BCUT2D eigenvalue weighted by atomic mass is 9.93. The second kappa shape index (κ2) is 6.19. The van der Waals surface area contributed by atoms with Crippen molar-refractivity contribution in [3.63, 3.8) is 0 Å². The third kappa shape index (κ3) is 3.33. The van der Waals surface area contributed by atoms with Crippen LogP contribution >= 0.6 is 0 Å².